The Balaban J connectivity index is 1.41. The number of pyridine rings is 1. The molecule has 0 bridgehead atoms. The molecule has 0 radical (unpaired) electrons. The van der Waals surface area contributed by atoms with E-state index in [-0.39, 0.29) is 0 Å². The van der Waals surface area contributed by atoms with Crippen LogP contribution in [-0.2, 0) is 12.8 Å². The highest BCUT2D eigenvalue weighted by molar-refractivity contribution is 5.41. The molecule has 4 rings (SSSR count). The number of aryl methyl sites for hydroxylation is 1. The first kappa shape index (κ1) is 17.3. The van der Waals surface area contributed by atoms with Gasteiger partial charge in [-0.15, -0.1) is 0 Å². The molecule has 2 aliphatic rings. The van der Waals surface area contributed by atoms with Gasteiger partial charge in [-0.25, -0.2) is 4.98 Å². The maximum absolute atomic E-state index is 5.75. The van der Waals surface area contributed by atoms with E-state index in [0.717, 1.165) is 49.9 Å². The second-order valence-electron chi connectivity index (χ2n) is 7.65. The molecule has 4 heteroatoms. The van der Waals surface area contributed by atoms with E-state index < -0.39 is 0 Å². The second kappa shape index (κ2) is 7.28. The first-order chi connectivity index (χ1) is 12.6. The fraction of sp³-hybridized carbons (Fsp3) is 0.500. The average molecular weight is 352 g/mol. The number of rotatable bonds is 5. The van der Waals surface area contributed by atoms with Crippen molar-refractivity contribution >= 4 is 0 Å². The number of fused-ring (bicyclic) bond motifs is 1. The third-order valence-electron chi connectivity index (χ3n) is 5.79. The van der Waals surface area contributed by atoms with Gasteiger partial charge < -0.3 is 9.47 Å². The van der Waals surface area contributed by atoms with E-state index in [2.05, 4.69) is 47.1 Å². The van der Waals surface area contributed by atoms with Gasteiger partial charge in [0, 0.05) is 30.8 Å². The van der Waals surface area contributed by atoms with E-state index in [1.807, 2.05) is 6.92 Å². The SMILES string of the molecule is COc1cc(C[C@H]2CCN(C(C)c3ccc4c(c3)OCC4)C2)cc(C)n1. The molecule has 1 aromatic heterocycles. The Morgan fingerprint density at radius 3 is 3.04 bits per heavy atom. The fourth-order valence-electron chi connectivity index (χ4n) is 4.30. The van der Waals surface area contributed by atoms with E-state index in [0.29, 0.717) is 12.0 Å². The number of aromatic nitrogens is 1. The molecular weight excluding hydrogens is 324 g/mol. The van der Waals surface area contributed by atoms with Crippen LogP contribution in [0.4, 0.5) is 0 Å². The summed E-state index contributed by atoms with van der Waals surface area (Å²) in [5.41, 5.74) is 5.08. The van der Waals surface area contributed by atoms with Crippen molar-refractivity contribution < 1.29 is 9.47 Å². The van der Waals surface area contributed by atoms with Gasteiger partial charge in [0.05, 0.1) is 13.7 Å². The molecular formula is C22H28N2O2. The van der Waals surface area contributed by atoms with E-state index in [4.69, 9.17) is 9.47 Å². The predicted octanol–water partition coefficient (Wildman–Crippen LogP) is 3.96. The van der Waals surface area contributed by atoms with Crippen molar-refractivity contribution in [3.05, 3.63) is 52.7 Å². The number of methoxy groups -OCH3 is 1. The maximum Gasteiger partial charge on any atom is 0.213 e. The van der Waals surface area contributed by atoms with Crippen molar-refractivity contribution in [3.8, 4) is 11.6 Å². The summed E-state index contributed by atoms with van der Waals surface area (Å²) < 4.78 is 11.1. The number of hydrogen-bond donors (Lipinski definition) is 0. The third kappa shape index (κ3) is 3.56. The maximum atomic E-state index is 5.75. The van der Waals surface area contributed by atoms with E-state index in [1.54, 1.807) is 7.11 Å². The summed E-state index contributed by atoms with van der Waals surface area (Å²) in [6.07, 6.45) is 3.39. The van der Waals surface area contributed by atoms with Crippen LogP contribution in [0.15, 0.2) is 30.3 Å². The number of ether oxygens (including phenoxy) is 2. The lowest BCUT2D eigenvalue weighted by Crippen LogP contribution is -2.25. The molecule has 2 aromatic rings. The molecule has 4 nitrogen and oxygen atoms in total. The first-order valence-corrected chi connectivity index (χ1v) is 9.63. The molecule has 26 heavy (non-hydrogen) atoms. The van der Waals surface area contributed by atoms with E-state index in [9.17, 15) is 0 Å². The number of likely N-dealkylation sites (tertiary alicyclic amines) is 1. The van der Waals surface area contributed by atoms with Crippen LogP contribution >= 0.6 is 0 Å². The molecule has 1 aromatic carbocycles. The molecule has 0 N–H and O–H groups in total. The van der Waals surface area contributed by atoms with Gasteiger partial charge >= 0.3 is 0 Å². The van der Waals surface area contributed by atoms with Crippen LogP contribution < -0.4 is 9.47 Å². The molecule has 1 saturated heterocycles. The molecule has 2 atom stereocenters. The highest BCUT2D eigenvalue weighted by Crippen LogP contribution is 2.33. The fourth-order valence-corrected chi connectivity index (χ4v) is 4.30. The molecule has 1 fully saturated rings. The summed E-state index contributed by atoms with van der Waals surface area (Å²) >= 11 is 0. The Kier molecular flexibility index (Phi) is 4.86. The zero-order valence-electron chi connectivity index (χ0n) is 16.0. The lowest BCUT2D eigenvalue weighted by atomic mass is 9.98. The molecule has 2 aliphatic heterocycles. The van der Waals surface area contributed by atoms with Gasteiger partial charge in [-0.05, 0) is 68.0 Å². The van der Waals surface area contributed by atoms with Crippen LogP contribution in [0.1, 0.15) is 41.8 Å². The Morgan fingerprint density at radius 1 is 1.31 bits per heavy atom. The topological polar surface area (TPSA) is 34.6 Å². The average Bonchev–Trinajstić information content (AvgIpc) is 3.29. The Hall–Kier alpha value is -2.07. The van der Waals surface area contributed by atoms with Crippen LogP contribution in [0, 0.1) is 12.8 Å². The first-order valence-electron chi connectivity index (χ1n) is 9.63. The van der Waals surface area contributed by atoms with E-state index >= 15 is 0 Å². The van der Waals surface area contributed by atoms with Gasteiger partial charge in [-0.2, -0.15) is 0 Å². The number of nitrogens with zero attached hydrogens (tertiary/aromatic N) is 2. The van der Waals surface area contributed by atoms with Crippen LogP contribution in [0.3, 0.4) is 0 Å². The third-order valence-corrected chi connectivity index (χ3v) is 5.79. The summed E-state index contributed by atoms with van der Waals surface area (Å²) in [5, 5.41) is 0. The van der Waals surface area contributed by atoms with Crippen molar-refractivity contribution in [2.45, 2.75) is 39.2 Å². The Bertz CT molecular complexity index is 790. The van der Waals surface area contributed by atoms with Gasteiger partial charge in [-0.1, -0.05) is 12.1 Å². The highest BCUT2D eigenvalue weighted by Gasteiger charge is 2.27. The number of benzene rings is 1. The van der Waals surface area contributed by atoms with Crippen LogP contribution in [0.25, 0.3) is 0 Å². The van der Waals surface area contributed by atoms with Crippen LogP contribution in [0.5, 0.6) is 11.6 Å². The normalized spacial score (nSPS) is 20.7. The van der Waals surface area contributed by atoms with Crippen molar-refractivity contribution in [3.63, 3.8) is 0 Å². The largest absolute Gasteiger partial charge is 0.493 e. The minimum atomic E-state index is 0.434. The Morgan fingerprint density at radius 2 is 2.19 bits per heavy atom. The lowest BCUT2D eigenvalue weighted by Gasteiger charge is -2.25. The standard InChI is InChI=1S/C22H28N2O2/c1-15-10-18(12-22(23-15)25-3)11-17-6-8-24(14-17)16(2)20-5-4-19-7-9-26-21(19)13-20/h4-5,10,12-13,16-17H,6-9,11,14H2,1-3H3/t16?,17-/m1/s1. The predicted molar refractivity (Wildman–Crippen MR) is 103 cm³/mol. The van der Waals surface area contributed by atoms with Crippen LogP contribution in [0.2, 0.25) is 0 Å². The summed E-state index contributed by atoms with van der Waals surface area (Å²) in [7, 11) is 1.69. The summed E-state index contributed by atoms with van der Waals surface area (Å²) in [5.74, 6) is 2.50. The van der Waals surface area contributed by atoms with Gasteiger partial charge in [0.25, 0.3) is 0 Å². The molecule has 138 valence electrons. The van der Waals surface area contributed by atoms with Gasteiger partial charge in [0.2, 0.25) is 5.88 Å². The van der Waals surface area contributed by atoms with Gasteiger partial charge in [-0.3, -0.25) is 4.90 Å². The molecule has 0 aliphatic carbocycles. The number of hydrogen-bond acceptors (Lipinski definition) is 4. The summed E-state index contributed by atoms with van der Waals surface area (Å²) in [6, 6.07) is 11.5. The Labute approximate surface area is 156 Å². The second-order valence-corrected chi connectivity index (χ2v) is 7.65. The van der Waals surface area contributed by atoms with Gasteiger partial charge in [0.1, 0.15) is 5.75 Å². The highest BCUT2D eigenvalue weighted by atomic mass is 16.5. The zero-order valence-corrected chi connectivity index (χ0v) is 16.0. The van der Waals surface area contributed by atoms with Crippen molar-refractivity contribution in [2.24, 2.45) is 5.92 Å². The quantitative estimate of drug-likeness (QED) is 0.816. The zero-order chi connectivity index (χ0) is 18.1. The monoisotopic (exact) mass is 352 g/mol. The molecule has 3 heterocycles. The van der Waals surface area contributed by atoms with Gasteiger partial charge in [0.15, 0.2) is 0 Å². The van der Waals surface area contributed by atoms with E-state index in [1.165, 1.54) is 23.1 Å². The minimum Gasteiger partial charge on any atom is -0.493 e. The van der Waals surface area contributed by atoms with Crippen molar-refractivity contribution in [1.82, 2.24) is 9.88 Å². The molecule has 0 saturated carbocycles. The molecule has 1 unspecified atom stereocenters. The summed E-state index contributed by atoms with van der Waals surface area (Å²) in [4.78, 5) is 7.00. The lowest BCUT2D eigenvalue weighted by molar-refractivity contribution is 0.252. The minimum absolute atomic E-state index is 0.434. The molecule has 0 amide bonds. The summed E-state index contributed by atoms with van der Waals surface area (Å²) in [6.45, 7) is 7.48. The van der Waals surface area contributed by atoms with Crippen molar-refractivity contribution in [1.29, 1.82) is 0 Å². The van der Waals surface area contributed by atoms with Crippen molar-refractivity contribution in [2.75, 3.05) is 26.8 Å². The van der Waals surface area contributed by atoms with Crippen LogP contribution in [-0.4, -0.2) is 36.7 Å². The smallest absolute Gasteiger partial charge is 0.213 e. The molecule has 0 spiro atoms.